The highest BCUT2D eigenvalue weighted by atomic mass is 19.1. The SMILES string of the molecule is CC(Cc1ccc(O)cc1)NC(=O)c1ccccc1.COc1ccc(F)cc1NC=O. The van der Waals surface area contributed by atoms with E-state index in [-0.39, 0.29) is 17.7 Å². The van der Waals surface area contributed by atoms with Gasteiger partial charge in [-0.15, -0.1) is 0 Å². The first kappa shape index (κ1) is 23.4. The van der Waals surface area contributed by atoms with Crippen LogP contribution in [-0.4, -0.2) is 30.6 Å². The summed E-state index contributed by atoms with van der Waals surface area (Å²) in [4.78, 5) is 22.0. The third-order valence-corrected chi connectivity index (χ3v) is 4.27. The monoisotopic (exact) mass is 424 g/mol. The first-order valence-corrected chi connectivity index (χ1v) is 9.60. The van der Waals surface area contributed by atoms with Crippen molar-refractivity contribution < 1.29 is 23.8 Å². The van der Waals surface area contributed by atoms with Crippen LogP contribution in [0.15, 0.2) is 72.8 Å². The summed E-state index contributed by atoms with van der Waals surface area (Å²) in [7, 11) is 1.45. The van der Waals surface area contributed by atoms with E-state index >= 15 is 0 Å². The van der Waals surface area contributed by atoms with Crippen LogP contribution in [0.4, 0.5) is 10.1 Å². The van der Waals surface area contributed by atoms with Crippen LogP contribution in [0.1, 0.15) is 22.8 Å². The normalized spacial score (nSPS) is 10.8. The molecule has 162 valence electrons. The summed E-state index contributed by atoms with van der Waals surface area (Å²) >= 11 is 0. The van der Waals surface area contributed by atoms with Gasteiger partial charge in [0, 0.05) is 17.7 Å². The predicted octanol–water partition coefficient (Wildman–Crippen LogP) is 4.16. The minimum Gasteiger partial charge on any atom is -0.508 e. The van der Waals surface area contributed by atoms with Crippen molar-refractivity contribution in [1.29, 1.82) is 0 Å². The molecule has 3 aromatic carbocycles. The number of methoxy groups -OCH3 is 1. The number of carbonyl (C=O) groups excluding carboxylic acids is 2. The molecule has 0 fully saturated rings. The maximum atomic E-state index is 12.6. The van der Waals surface area contributed by atoms with E-state index in [1.54, 1.807) is 24.3 Å². The van der Waals surface area contributed by atoms with Crippen LogP contribution in [-0.2, 0) is 11.2 Å². The average molecular weight is 424 g/mol. The minimum absolute atomic E-state index is 0.0391. The summed E-state index contributed by atoms with van der Waals surface area (Å²) in [5, 5.41) is 14.5. The van der Waals surface area contributed by atoms with Crippen LogP contribution in [0.5, 0.6) is 11.5 Å². The van der Waals surface area contributed by atoms with E-state index in [0.29, 0.717) is 23.4 Å². The van der Waals surface area contributed by atoms with Gasteiger partial charge in [-0.25, -0.2) is 4.39 Å². The Morgan fingerprint density at radius 1 is 1.10 bits per heavy atom. The lowest BCUT2D eigenvalue weighted by atomic mass is 10.1. The topological polar surface area (TPSA) is 87.7 Å². The van der Waals surface area contributed by atoms with Gasteiger partial charge in [0.2, 0.25) is 6.41 Å². The molecular weight excluding hydrogens is 399 g/mol. The highest BCUT2D eigenvalue weighted by Gasteiger charge is 2.09. The maximum absolute atomic E-state index is 12.6. The number of phenolic OH excluding ortho intramolecular Hbond substituents is 1. The number of aromatic hydroxyl groups is 1. The van der Waals surface area contributed by atoms with Gasteiger partial charge in [-0.2, -0.15) is 0 Å². The number of hydrogen-bond acceptors (Lipinski definition) is 4. The summed E-state index contributed by atoms with van der Waals surface area (Å²) in [5.74, 6) is 0.209. The van der Waals surface area contributed by atoms with Gasteiger partial charge in [0.25, 0.3) is 5.91 Å². The Morgan fingerprint density at radius 3 is 2.39 bits per heavy atom. The number of halogens is 1. The number of ether oxygens (including phenoxy) is 1. The summed E-state index contributed by atoms with van der Waals surface area (Å²) in [6.07, 6.45) is 1.20. The molecular formula is C24H25FN2O4. The van der Waals surface area contributed by atoms with Crippen LogP contribution < -0.4 is 15.4 Å². The molecule has 0 aromatic heterocycles. The zero-order valence-electron chi connectivity index (χ0n) is 17.3. The fraction of sp³-hybridized carbons (Fsp3) is 0.167. The molecule has 3 rings (SSSR count). The van der Waals surface area contributed by atoms with Gasteiger partial charge in [-0.3, -0.25) is 9.59 Å². The van der Waals surface area contributed by atoms with Gasteiger partial charge < -0.3 is 20.5 Å². The van der Waals surface area contributed by atoms with Crippen molar-refractivity contribution in [1.82, 2.24) is 5.32 Å². The summed E-state index contributed by atoms with van der Waals surface area (Å²) in [6, 6.07) is 20.1. The standard InChI is InChI=1S/C16H17NO2.C8H8FNO2/c1-12(11-13-7-9-15(18)10-8-13)17-16(19)14-5-3-2-4-6-14;1-12-8-3-2-6(9)4-7(8)10-5-11/h2-10,12,18H,11H2,1H3,(H,17,19);2-5H,1H3,(H,10,11). The van der Waals surface area contributed by atoms with Gasteiger partial charge in [0.15, 0.2) is 0 Å². The molecule has 31 heavy (non-hydrogen) atoms. The van der Waals surface area contributed by atoms with Crippen molar-refractivity contribution in [3.8, 4) is 11.5 Å². The zero-order chi connectivity index (χ0) is 22.6. The molecule has 3 aromatic rings. The molecule has 0 heterocycles. The fourth-order valence-corrected chi connectivity index (χ4v) is 2.79. The molecule has 0 radical (unpaired) electrons. The van der Waals surface area contributed by atoms with Crippen molar-refractivity contribution in [3.63, 3.8) is 0 Å². The minimum atomic E-state index is -0.417. The Morgan fingerprint density at radius 2 is 1.77 bits per heavy atom. The summed E-state index contributed by atoms with van der Waals surface area (Å²) < 4.78 is 17.5. The lowest BCUT2D eigenvalue weighted by Gasteiger charge is -2.14. The smallest absolute Gasteiger partial charge is 0.251 e. The molecule has 7 heteroatoms. The van der Waals surface area contributed by atoms with Crippen LogP contribution in [0.2, 0.25) is 0 Å². The first-order chi connectivity index (χ1) is 14.9. The number of benzene rings is 3. The third-order valence-electron chi connectivity index (χ3n) is 4.27. The number of rotatable bonds is 7. The molecule has 1 atom stereocenters. The van der Waals surface area contributed by atoms with Crippen molar-refractivity contribution >= 4 is 18.0 Å². The van der Waals surface area contributed by atoms with Crippen LogP contribution >= 0.6 is 0 Å². The Labute approximate surface area is 180 Å². The molecule has 0 aliphatic rings. The van der Waals surface area contributed by atoms with Gasteiger partial charge in [0.05, 0.1) is 12.8 Å². The van der Waals surface area contributed by atoms with E-state index in [0.717, 1.165) is 12.0 Å². The van der Waals surface area contributed by atoms with Crippen molar-refractivity contribution in [2.24, 2.45) is 0 Å². The number of nitrogens with one attached hydrogen (secondary N) is 2. The fourth-order valence-electron chi connectivity index (χ4n) is 2.79. The molecule has 0 aliphatic carbocycles. The molecule has 1 unspecified atom stereocenters. The lowest BCUT2D eigenvalue weighted by Crippen LogP contribution is -2.34. The second kappa shape index (κ2) is 12.0. The second-order valence-corrected chi connectivity index (χ2v) is 6.72. The number of anilines is 1. The molecule has 0 bridgehead atoms. The molecule has 0 saturated heterocycles. The number of phenols is 1. The lowest BCUT2D eigenvalue weighted by molar-refractivity contribution is -0.105. The number of hydrogen-bond donors (Lipinski definition) is 3. The molecule has 6 nitrogen and oxygen atoms in total. The number of amides is 2. The molecule has 2 amide bonds. The highest BCUT2D eigenvalue weighted by Crippen LogP contribution is 2.23. The van der Waals surface area contributed by atoms with Gasteiger partial charge in [-0.1, -0.05) is 30.3 Å². The maximum Gasteiger partial charge on any atom is 0.251 e. The molecule has 0 saturated carbocycles. The highest BCUT2D eigenvalue weighted by molar-refractivity contribution is 5.94. The molecule has 3 N–H and O–H groups in total. The van der Waals surface area contributed by atoms with Crippen LogP contribution in [0.3, 0.4) is 0 Å². The largest absolute Gasteiger partial charge is 0.508 e. The molecule has 0 spiro atoms. The number of carbonyl (C=O) groups is 2. The van der Waals surface area contributed by atoms with E-state index in [1.807, 2.05) is 37.3 Å². The average Bonchev–Trinajstić information content (AvgIpc) is 2.77. The first-order valence-electron chi connectivity index (χ1n) is 9.60. The summed E-state index contributed by atoms with van der Waals surface area (Å²) in [5.41, 5.74) is 2.08. The zero-order valence-corrected chi connectivity index (χ0v) is 17.3. The Kier molecular flexibility index (Phi) is 9.04. The Balaban J connectivity index is 0.000000245. The second-order valence-electron chi connectivity index (χ2n) is 6.72. The van der Waals surface area contributed by atoms with E-state index in [2.05, 4.69) is 10.6 Å². The Bertz CT molecular complexity index is 979. The summed E-state index contributed by atoms with van der Waals surface area (Å²) in [6.45, 7) is 1.97. The van der Waals surface area contributed by atoms with Crippen molar-refractivity contribution in [2.45, 2.75) is 19.4 Å². The van der Waals surface area contributed by atoms with E-state index in [9.17, 15) is 19.1 Å². The van der Waals surface area contributed by atoms with Crippen LogP contribution in [0, 0.1) is 5.82 Å². The quantitative estimate of drug-likeness (QED) is 0.497. The van der Waals surface area contributed by atoms with Gasteiger partial charge in [0.1, 0.15) is 17.3 Å². The van der Waals surface area contributed by atoms with Crippen LogP contribution in [0.25, 0.3) is 0 Å². The van der Waals surface area contributed by atoms with E-state index in [1.165, 1.54) is 25.3 Å². The van der Waals surface area contributed by atoms with E-state index in [4.69, 9.17) is 4.74 Å². The third kappa shape index (κ3) is 7.81. The molecule has 0 aliphatic heterocycles. The van der Waals surface area contributed by atoms with E-state index < -0.39 is 5.82 Å². The predicted molar refractivity (Wildman–Crippen MR) is 118 cm³/mol. The van der Waals surface area contributed by atoms with Gasteiger partial charge in [-0.05, 0) is 55.3 Å². The van der Waals surface area contributed by atoms with Crippen molar-refractivity contribution in [3.05, 3.63) is 89.7 Å². The van der Waals surface area contributed by atoms with Crippen molar-refractivity contribution in [2.75, 3.05) is 12.4 Å². The Hall–Kier alpha value is -3.87. The van der Waals surface area contributed by atoms with Gasteiger partial charge >= 0.3 is 0 Å².